The van der Waals surface area contributed by atoms with Crippen LogP contribution in [0.1, 0.15) is 62.1 Å². The van der Waals surface area contributed by atoms with E-state index < -0.39 is 12.7 Å². The van der Waals surface area contributed by atoms with Crippen LogP contribution < -0.4 is 0 Å². The van der Waals surface area contributed by atoms with Crippen molar-refractivity contribution in [2.75, 3.05) is 0 Å². The number of allylic oxidation sites excluding steroid dienone is 1. The van der Waals surface area contributed by atoms with Crippen molar-refractivity contribution in [2.45, 2.75) is 52.3 Å². The Morgan fingerprint density at radius 2 is 1.90 bits per heavy atom. The molecule has 2 aliphatic rings. The van der Waals surface area contributed by atoms with Crippen LogP contribution in [-0.2, 0) is 0 Å². The summed E-state index contributed by atoms with van der Waals surface area (Å²) in [6.07, 6.45) is 8.15. The molecule has 106 valence electrons. The van der Waals surface area contributed by atoms with Crippen LogP contribution >= 0.6 is 0 Å². The van der Waals surface area contributed by atoms with Crippen LogP contribution in [0.2, 0.25) is 0 Å². The Hall–Kier alpha value is -1.37. The third-order valence-corrected chi connectivity index (χ3v) is 4.47. The molecule has 0 bridgehead atoms. The average molecular weight is 271 g/mol. The molecular weight excluding hydrogens is 242 g/mol. The maximum absolute atomic E-state index is 8.81. The van der Waals surface area contributed by atoms with Crippen LogP contribution in [0.3, 0.4) is 0 Å². The predicted octanol–water partition coefficient (Wildman–Crippen LogP) is 5.29. The smallest absolute Gasteiger partial charge is 0.0481 e. The first-order chi connectivity index (χ1) is 11.3. The van der Waals surface area contributed by atoms with E-state index >= 15 is 0 Å². The molecule has 1 heterocycles. The standard InChI is InChI=1S/C19H25N/c1-14-8-10-17(11-9-14)19-12-15(2)18(13-20-19)16-6-4-3-5-7-16/h8-11,13,15-16H,3-7,12H2,1-2H3/i1D3,16D. The lowest BCUT2D eigenvalue weighted by Crippen LogP contribution is -2.20. The van der Waals surface area contributed by atoms with Gasteiger partial charge in [-0.1, -0.05) is 56.0 Å². The zero-order valence-electron chi connectivity index (χ0n) is 16.2. The van der Waals surface area contributed by atoms with E-state index in [4.69, 9.17) is 5.48 Å². The van der Waals surface area contributed by atoms with Gasteiger partial charge in [0, 0.05) is 17.4 Å². The van der Waals surface area contributed by atoms with Crippen molar-refractivity contribution < 1.29 is 5.48 Å². The summed E-state index contributed by atoms with van der Waals surface area (Å²) in [5.74, 6) is -0.118. The number of aryl methyl sites for hydroxylation is 1. The topological polar surface area (TPSA) is 12.4 Å². The van der Waals surface area contributed by atoms with Crippen LogP contribution in [0.25, 0.3) is 0 Å². The minimum absolute atomic E-state index is 0.315. The molecule has 1 fully saturated rings. The summed E-state index contributed by atoms with van der Waals surface area (Å²) in [6, 6.07) is 7.04. The molecule has 0 aromatic heterocycles. The van der Waals surface area contributed by atoms with E-state index in [1.807, 2.05) is 18.3 Å². The molecule has 1 nitrogen and oxygen atoms in total. The largest absolute Gasteiger partial charge is 0.261 e. The minimum atomic E-state index is -2.06. The van der Waals surface area contributed by atoms with Crippen molar-refractivity contribution in [3.8, 4) is 0 Å². The first-order valence-electron chi connectivity index (χ1n) is 9.68. The van der Waals surface area contributed by atoms with Gasteiger partial charge in [-0.05, 0) is 49.1 Å². The van der Waals surface area contributed by atoms with Crippen molar-refractivity contribution in [2.24, 2.45) is 16.8 Å². The van der Waals surface area contributed by atoms with E-state index in [1.54, 1.807) is 12.1 Å². The number of hydrogen-bond donors (Lipinski definition) is 0. The molecular formula is C19H25N. The normalized spacial score (nSPS) is 29.4. The lowest BCUT2D eigenvalue weighted by Gasteiger charge is -2.30. The molecule has 0 radical (unpaired) electrons. The summed E-state index contributed by atoms with van der Waals surface area (Å²) >= 11 is 0. The molecule has 1 heteroatoms. The number of rotatable bonds is 2. The SMILES string of the molecule is [2H]C1(C2=CN=C(c3ccc(C([2H])([2H])[2H])cc3)CC2C)CCCCC1. The lowest BCUT2D eigenvalue weighted by molar-refractivity contribution is 0.375. The monoisotopic (exact) mass is 271 g/mol. The van der Waals surface area contributed by atoms with Gasteiger partial charge in [-0.2, -0.15) is 0 Å². The Bertz CT molecular complexity index is 649. The second-order valence-corrected chi connectivity index (χ2v) is 6.01. The van der Waals surface area contributed by atoms with Gasteiger partial charge in [0.15, 0.2) is 0 Å². The first kappa shape index (κ1) is 9.55. The quantitative estimate of drug-likeness (QED) is 0.693. The molecule has 0 saturated heterocycles. The average Bonchev–Trinajstić information content (AvgIpc) is 2.54. The highest BCUT2D eigenvalue weighted by atomic mass is 14.7. The van der Waals surface area contributed by atoms with E-state index in [2.05, 4.69) is 11.9 Å². The van der Waals surface area contributed by atoms with Crippen LogP contribution in [-0.4, -0.2) is 5.71 Å². The summed E-state index contributed by atoms with van der Waals surface area (Å²) < 4.78 is 31.2. The van der Waals surface area contributed by atoms with E-state index in [-0.39, 0.29) is 0 Å². The third-order valence-electron chi connectivity index (χ3n) is 4.47. The molecule has 1 unspecified atom stereocenters. The molecule has 1 aliphatic carbocycles. The molecule has 1 atom stereocenters. The molecule has 0 spiro atoms. The second-order valence-electron chi connectivity index (χ2n) is 6.01. The maximum Gasteiger partial charge on any atom is 0.0481 e. The number of nitrogens with zero attached hydrogens (tertiary/aromatic N) is 1. The fourth-order valence-electron chi connectivity index (χ4n) is 3.29. The Labute approximate surface area is 128 Å². The fraction of sp³-hybridized carbons (Fsp3) is 0.526. The third kappa shape index (κ3) is 2.87. The van der Waals surface area contributed by atoms with Gasteiger partial charge in [0.1, 0.15) is 0 Å². The highest BCUT2D eigenvalue weighted by molar-refractivity contribution is 6.01. The predicted molar refractivity (Wildman–Crippen MR) is 86.2 cm³/mol. The maximum atomic E-state index is 8.81. The van der Waals surface area contributed by atoms with E-state index in [0.29, 0.717) is 11.5 Å². The molecule has 1 saturated carbocycles. The summed E-state index contributed by atoms with van der Waals surface area (Å²) in [4.78, 5) is 4.64. The van der Waals surface area contributed by atoms with Crippen LogP contribution in [0.5, 0.6) is 0 Å². The van der Waals surface area contributed by atoms with E-state index in [1.165, 1.54) is 12.0 Å². The Kier molecular flexibility index (Phi) is 2.84. The number of hydrogen-bond acceptors (Lipinski definition) is 1. The van der Waals surface area contributed by atoms with Gasteiger partial charge in [-0.15, -0.1) is 0 Å². The van der Waals surface area contributed by atoms with Gasteiger partial charge in [0.05, 0.1) is 0 Å². The Morgan fingerprint density at radius 3 is 2.55 bits per heavy atom. The van der Waals surface area contributed by atoms with Crippen molar-refractivity contribution in [1.29, 1.82) is 0 Å². The molecule has 3 rings (SSSR count). The van der Waals surface area contributed by atoms with Gasteiger partial charge in [0.2, 0.25) is 0 Å². The summed E-state index contributed by atoms with van der Waals surface area (Å²) in [7, 11) is 0. The van der Waals surface area contributed by atoms with E-state index in [9.17, 15) is 0 Å². The van der Waals surface area contributed by atoms with Crippen LogP contribution in [0.4, 0.5) is 0 Å². The molecule has 1 aromatic rings. The van der Waals surface area contributed by atoms with Crippen molar-refractivity contribution in [1.82, 2.24) is 0 Å². The first-order valence-corrected chi connectivity index (χ1v) is 7.68. The van der Waals surface area contributed by atoms with Crippen LogP contribution in [0, 0.1) is 18.7 Å². The fourth-order valence-corrected chi connectivity index (χ4v) is 3.29. The molecule has 1 aliphatic heterocycles. The van der Waals surface area contributed by atoms with Gasteiger partial charge in [0.25, 0.3) is 0 Å². The Balaban J connectivity index is 1.83. The molecule has 0 amide bonds. The molecule has 1 aromatic carbocycles. The van der Waals surface area contributed by atoms with Gasteiger partial charge in [-0.25, -0.2) is 0 Å². The summed E-state index contributed by atoms with van der Waals surface area (Å²) in [5.41, 5.74) is 3.50. The Morgan fingerprint density at radius 1 is 1.15 bits per heavy atom. The van der Waals surface area contributed by atoms with Crippen molar-refractivity contribution in [3.05, 3.63) is 47.2 Å². The zero-order chi connectivity index (χ0) is 17.4. The second kappa shape index (κ2) is 5.95. The van der Waals surface area contributed by atoms with Crippen molar-refractivity contribution >= 4 is 5.71 Å². The van der Waals surface area contributed by atoms with Crippen molar-refractivity contribution in [3.63, 3.8) is 0 Å². The van der Waals surface area contributed by atoms with Gasteiger partial charge >= 0.3 is 0 Å². The minimum Gasteiger partial charge on any atom is -0.261 e. The van der Waals surface area contributed by atoms with E-state index in [0.717, 1.165) is 43.4 Å². The zero-order valence-corrected chi connectivity index (χ0v) is 12.2. The van der Waals surface area contributed by atoms with Gasteiger partial charge < -0.3 is 0 Å². The van der Waals surface area contributed by atoms with Gasteiger partial charge in [-0.3, -0.25) is 4.99 Å². The summed E-state index contributed by atoms with van der Waals surface area (Å²) in [6.45, 7) is 0.119. The highest BCUT2D eigenvalue weighted by Crippen LogP contribution is 2.36. The lowest BCUT2D eigenvalue weighted by atomic mass is 9.77. The van der Waals surface area contributed by atoms with Crippen LogP contribution in [0.15, 0.2) is 41.0 Å². The number of aliphatic imine (C=N–C) groups is 1. The molecule has 20 heavy (non-hydrogen) atoms. The highest BCUT2D eigenvalue weighted by Gasteiger charge is 2.25. The number of benzene rings is 1. The summed E-state index contributed by atoms with van der Waals surface area (Å²) in [5, 5.41) is 0. The molecule has 0 N–H and O–H groups in total.